The topological polar surface area (TPSA) is 114 Å². The largest absolute Gasteiger partial charge is 0.337 e. The number of nitrogens with one attached hydrogen (secondary N) is 2. The molecule has 0 radical (unpaired) electrons. The number of hydrogen-bond acceptors (Lipinski definition) is 6. The van der Waals surface area contributed by atoms with Crippen LogP contribution in [0.15, 0.2) is 78.3 Å². The van der Waals surface area contributed by atoms with E-state index in [1.807, 2.05) is 42.5 Å². The molecule has 8 nitrogen and oxygen atoms in total. The Balaban J connectivity index is 1.64. The molecule has 3 aromatic carbocycles. The van der Waals surface area contributed by atoms with Gasteiger partial charge in [0.1, 0.15) is 5.82 Å². The average Bonchev–Trinajstić information content (AvgIpc) is 3.49. The summed E-state index contributed by atoms with van der Waals surface area (Å²) < 4.78 is 0. The van der Waals surface area contributed by atoms with E-state index in [0.29, 0.717) is 22.2 Å². The Morgan fingerprint density at radius 1 is 1.03 bits per heavy atom. The van der Waals surface area contributed by atoms with Crippen molar-refractivity contribution in [1.29, 1.82) is 0 Å². The number of rotatable bonds is 5. The minimum absolute atomic E-state index is 0.0312. The highest BCUT2D eigenvalue weighted by Crippen LogP contribution is 2.32. The molecule has 32 heavy (non-hydrogen) atoms. The molecule has 2 N–H and O–H groups in total. The summed E-state index contributed by atoms with van der Waals surface area (Å²) >= 11 is 1.30. The van der Waals surface area contributed by atoms with E-state index in [-0.39, 0.29) is 11.4 Å². The van der Waals surface area contributed by atoms with Crippen molar-refractivity contribution >= 4 is 38.8 Å². The van der Waals surface area contributed by atoms with Crippen molar-refractivity contribution in [1.82, 2.24) is 15.0 Å². The van der Waals surface area contributed by atoms with Crippen LogP contribution in [0.4, 0.5) is 10.8 Å². The van der Waals surface area contributed by atoms with E-state index < -0.39 is 10.8 Å². The zero-order valence-corrected chi connectivity index (χ0v) is 17.3. The molecule has 0 bridgehead atoms. The number of aromatic nitrogens is 3. The molecule has 0 aliphatic carbocycles. The maximum Gasteiger partial charge on any atom is 0.278 e. The van der Waals surface area contributed by atoms with Gasteiger partial charge in [0, 0.05) is 34.8 Å². The van der Waals surface area contributed by atoms with Gasteiger partial charge in [-0.1, -0.05) is 42.5 Å². The first-order valence-electron chi connectivity index (χ1n) is 9.64. The predicted molar refractivity (Wildman–Crippen MR) is 124 cm³/mol. The van der Waals surface area contributed by atoms with Crippen LogP contribution in [0, 0.1) is 10.1 Å². The van der Waals surface area contributed by atoms with Crippen LogP contribution in [0.3, 0.4) is 0 Å². The van der Waals surface area contributed by atoms with E-state index >= 15 is 0 Å². The van der Waals surface area contributed by atoms with Gasteiger partial charge in [-0.3, -0.25) is 20.2 Å². The highest BCUT2D eigenvalue weighted by molar-refractivity contribution is 7.13. The molecule has 156 valence electrons. The fourth-order valence-corrected chi connectivity index (χ4v) is 4.02. The molecule has 0 fully saturated rings. The number of amides is 1. The minimum atomic E-state index is -0.464. The fourth-order valence-electron chi connectivity index (χ4n) is 3.50. The van der Waals surface area contributed by atoms with E-state index in [1.54, 1.807) is 23.7 Å². The number of hydrogen-bond donors (Lipinski definition) is 2. The molecule has 2 aromatic heterocycles. The van der Waals surface area contributed by atoms with Crippen LogP contribution in [-0.2, 0) is 0 Å². The number of non-ortho nitro benzene ring substituents is 1. The van der Waals surface area contributed by atoms with E-state index in [2.05, 4.69) is 20.3 Å². The number of aromatic amines is 1. The molecule has 0 unspecified atom stereocenters. The fraction of sp³-hybridized carbons (Fsp3) is 0. The lowest BCUT2D eigenvalue weighted by Crippen LogP contribution is -2.13. The first kappa shape index (κ1) is 19.6. The Labute approximate surface area is 185 Å². The van der Waals surface area contributed by atoms with Gasteiger partial charge in [0.05, 0.1) is 10.6 Å². The Morgan fingerprint density at radius 3 is 2.56 bits per heavy atom. The number of H-pyrrole nitrogens is 1. The van der Waals surface area contributed by atoms with E-state index in [1.165, 1.54) is 23.5 Å². The molecule has 0 spiro atoms. The molecule has 0 atom stereocenters. The van der Waals surface area contributed by atoms with Crippen LogP contribution in [-0.4, -0.2) is 25.8 Å². The summed E-state index contributed by atoms with van der Waals surface area (Å²) in [7, 11) is 0. The van der Waals surface area contributed by atoms with Crippen molar-refractivity contribution in [3.8, 4) is 22.6 Å². The predicted octanol–water partition coefficient (Wildman–Crippen LogP) is 5.51. The highest BCUT2D eigenvalue weighted by atomic mass is 32.1. The van der Waals surface area contributed by atoms with Gasteiger partial charge in [0.15, 0.2) is 10.8 Å². The van der Waals surface area contributed by atoms with Gasteiger partial charge in [-0.25, -0.2) is 9.97 Å². The van der Waals surface area contributed by atoms with Crippen LogP contribution in [0.5, 0.6) is 0 Å². The third kappa shape index (κ3) is 3.61. The number of fused-ring (bicyclic) bond motifs is 1. The average molecular weight is 441 g/mol. The maximum absolute atomic E-state index is 13.1. The lowest BCUT2D eigenvalue weighted by atomic mass is 10.0. The van der Waals surface area contributed by atoms with Crippen LogP contribution >= 0.6 is 11.3 Å². The summed E-state index contributed by atoms with van der Waals surface area (Å²) in [6.07, 6.45) is 1.60. The Hall–Kier alpha value is -4.37. The van der Waals surface area contributed by atoms with Gasteiger partial charge in [0.2, 0.25) is 0 Å². The number of imidazole rings is 1. The third-order valence-electron chi connectivity index (χ3n) is 4.98. The number of carbonyl (C=O) groups is 1. The second-order valence-corrected chi connectivity index (χ2v) is 7.83. The number of nitro groups is 1. The summed E-state index contributed by atoms with van der Waals surface area (Å²) in [6, 6.07) is 19.8. The van der Waals surface area contributed by atoms with Crippen molar-refractivity contribution < 1.29 is 9.72 Å². The summed E-state index contributed by atoms with van der Waals surface area (Å²) in [5, 5.41) is 18.0. The van der Waals surface area contributed by atoms with E-state index in [0.717, 1.165) is 16.3 Å². The SMILES string of the molecule is O=C(Nc1nccs1)c1nc(-c2cccc3ccccc23)[nH]c1-c1ccc([N+](=O)[O-])cc1. The summed E-state index contributed by atoms with van der Waals surface area (Å²) in [5.41, 5.74) is 2.07. The molecule has 5 rings (SSSR count). The Kier molecular flexibility index (Phi) is 4.92. The van der Waals surface area contributed by atoms with Gasteiger partial charge >= 0.3 is 0 Å². The second kappa shape index (κ2) is 8.05. The molecular formula is C23H15N5O3S. The molecule has 0 aliphatic rings. The van der Waals surface area contributed by atoms with Crippen molar-refractivity contribution in [3.05, 3.63) is 94.1 Å². The Bertz CT molecular complexity index is 1440. The van der Waals surface area contributed by atoms with Crippen molar-refractivity contribution in [2.45, 2.75) is 0 Å². The smallest absolute Gasteiger partial charge is 0.278 e. The van der Waals surface area contributed by atoms with Crippen LogP contribution in [0.25, 0.3) is 33.4 Å². The highest BCUT2D eigenvalue weighted by Gasteiger charge is 2.22. The van der Waals surface area contributed by atoms with E-state index in [9.17, 15) is 14.9 Å². The number of benzene rings is 3. The first-order valence-corrected chi connectivity index (χ1v) is 10.5. The van der Waals surface area contributed by atoms with Gasteiger partial charge in [-0.2, -0.15) is 0 Å². The van der Waals surface area contributed by atoms with Gasteiger partial charge in [-0.05, 0) is 22.9 Å². The molecule has 0 saturated carbocycles. The normalized spacial score (nSPS) is 10.9. The van der Waals surface area contributed by atoms with Crippen molar-refractivity contribution in [3.63, 3.8) is 0 Å². The molecule has 9 heteroatoms. The maximum atomic E-state index is 13.1. The summed E-state index contributed by atoms with van der Waals surface area (Å²) in [5.74, 6) is 0.107. The quantitative estimate of drug-likeness (QED) is 0.276. The van der Waals surface area contributed by atoms with Crippen molar-refractivity contribution in [2.24, 2.45) is 0 Å². The minimum Gasteiger partial charge on any atom is -0.337 e. The Morgan fingerprint density at radius 2 is 1.81 bits per heavy atom. The van der Waals surface area contributed by atoms with Crippen LogP contribution < -0.4 is 5.32 Å². The lowest BCUT2D eigenvalue weighted by molar-refractivity contribution is -0.384. The number of anilines is 1. The van der Waals surface area contributed by atoms with Gasteiger partial charge in [0.25, 0.3) is 11.6 Å². The molecule has 0 saturated heterocycles. The van der Waals surface area contributed by atoms with Crippen molar-refractivity contribution in [2.75, 3.05) is 5.32 Å². The lowest BCUT2D eigenvalue weighted by Gasteiger charge is -2.03. The van der Waals surface area contributed by atoms with E-state index in [4.69, 9.17) is 0 Å². The molecule has 0 aliphatic heterocycles. The van der Waals surface area contributed by atoms with Crippen LogP contribution in [0.1, 0.15) is 10.5 Å². The van der Waals surface area contributed by atoms with Gasteiger partial charge < -0.3 is 4.98 Å². The zero-order chi connectivity index (χ0) is 22.1. The zero-order valence-electron chi connectivity index (χ0n) is 16.5. The first-order chi connectivity index (χ1) is 15.6. The third-order valence-corrected chi connectivity index (χ3v) is 5.67. The van der Waals surface area contributed by atoms with Crippen LogP contribution in [0.2, 0.25) is 0 Å². The summed E-state index contributed by atoms with van der Waals surface area (Å²) in [4.78, 5) is 35.6. The second-order valence-electron chi connectivity index (χ2n) is 6.93. The van der Waals surface area contributed by atoms with Gasteiger partial charge in [-0.15, -0.1) is 11.3 Å². The molecule has 5 aromatic rings. The number of nitrogens with zero attached hydrogens (tertiary/aromatic N) is 3. The molecule has 1 amide bonds. The number of carbonyl (C=O) groups excluding carboxylic acids is 1. The standard InChI is InChI=1S/C23H15N5O3S/c29-22(27-23-24-12-13-32-23)20-19(15-8-10-16(11-9-15)28(30)31)25-21(26-20)18-7-3-5-14-4-1-2-6-17(14)18/h1-13H,(H,25,26)(H,24,27,29). The number of nitro benzene ring substituents is 1. The summed E-state index contributed by atoms with van der Waals surface area (Å²) in [6.45, 7) is 0. The molecule has 2 heterocycles. The monoisotopic (exact) mass is 441 g/mol. The number of thiazole rings is 1. The molecular weight excluding hydrogens is 426 g/mol.